The lowest BCUT2D eigenvalue weighted by atomic mass is 9.77. The molecule has 0 radical (unpaired) electrons. The Hall–Kier alpha value is -1.39. The van der Waals surface area contributed by atoms with E-state index in [-0.39, 0.29) is 5.82 Å². The van der Waals surface area contributed by atoms with Crippen LogP contribution in [0.3, 0.4) is 0 Å². The number of aromatic nitrogens is 2. The second-order valence-electron chi connectivity index (χ2n) is 5.93. The van der Waals surface area contributed by atoms with Gasteiger partial charge in [0, 0.05) is 24.4 Å². The van der Waals surface area contributed by atoms with Crippen molar-refractivity contribution < 1.29 is 9.50 Å². The minimum atomic E-state index is -0.650. The van der Waals surface area contributed by atoms with E-state index in [1.165, 1.54) is 12.1 Å². The van der Waals surface area contributed by atoms with Gasteiger partial charge in [0.1, 0.15) is 11.0 Å². The summed E-state index contributed by atoms with van der Waals surface area (Å²) in [6.07, 6.45) is -0.244. The van der Waals surface area contributed by atoms with E-state index >= 15 is 0 Å². The topological polar surface area (TPSA) is 38.0 Å². The fourth-order valence-electron chi connectivity index (χ4n) is 2.43. The molecule has 0 aliphatic heterocycles. The third kappa shape index (κ3) is 3.11. The van der Waals surface area contributed by atoms with Crippen molar-refractivity contribution in [2.75, 3.05) is 0 Å². The molecule has 114 valence electrons. The van der Waals surface area contributed by atoms with Crippen molar-refractivity contribution >= 4 is 11.6 Å². The van der Waals surface area contributed by atoms with Crippen LogP contribution in [-0.4, -0.2) is 21.0 Å². The fourth-order valence-corrected chi connectivity index (χ4v) is 2.68. The number of aliphatic hydroxyl groups excluding tert-OH is 1. The Labute approximate surface area is 129 Å². The Morgan fingerprint density at radius 3 is 2.38 bits per heavy atom. The van der Waals surface area contributed by atoms with Crippen LogP contribution in [0.5, 0.6) is 0 Å². The largest absolute Gasteiger partial charge is 0.392 e. The van der Waals surface area contributed by atoms with Gasteiger partial charge in [0.2, 0.25) is 0 Å². The van der Waals surface area contributed by atoms with Crippen LogP contribution < -0.4 is 0 Å². The van der Waals surface area contributed by atoms with Gasteiger partial charge in [-0.2, -0.15) is 5.10 Å². The minimum Gasteiger partial charge on any atom is -0.392 e. The molecule has 0 spiro atoms. The summed E-state index contributed by atoms with van der Waals surface area (Å²) < 4.78 is 14.6. The van der Waals surface area contributed by atoms with E-state index < -0.39 is 11.5 Å². The van der Waals surface area contributed by atoms with Crippen LogP contribution in [0.25, 0.3) is 0 Å². The lowest BCUT2D eigenvalue weighted by Crippen LogP contribution is -2.35. The molecule has 1 atom stereocenters. The summed E-state index contributed by atoms with van der Waals surface area (Å²) in [6, 6.07) is 6.23. The molecule has 1 N–H and O–H groups in total. The molecule has 0 fully saturated rings. The van der Waals surface area contributed by atoms with Gasteiger partial charge in [-0.15, -0.1) is 0 Å². The zero-order chi connectivity index (χ0) is 15.8. The average Bonchev–Trinajstić information content (AvgIpc) is 2.65. The molecule has 3 nitrogen and oxygen atoms in total. The number of benzene rings is 1. The number of hydrogen-bond acceptors (Lipinski definition) is 2. The van der Waals surface area contributed by atoms with Gasteiger partial charge >= 0.3 is 0 Å². The van der Waals surface area contributed by atoms with Crippen molar-refractivity contribution in [1.82, 2.24) is 9.78 Å². The molecule has 0 bridgehead atoms. The van der Waals surface area contributed by atoms with Gasteiger partial charge < -0.3 is 5.11 Å². The molecule has 0 amide bonds. The molecule has 5 heteroatoms. The smallest absolute Gasteiger partial charge is 0.130 e. The minimum absolute atomic E-state index is 0.282. The Kier molecular flexibility index (Phi) is 4.40. The molecule has 0 aliphatic carbocycles. The van der Waals surface area contributed by atoms with Crippen molar-refractivity contribution in [1.29, 1.82) is 0 Å². The van der Waals surface area contributed by atoms with E-state index in [0.29, 0.717) is 11.6 Å². The predicted molar refractivity (Wildman–Crippen MR) is 82.1 cm³/mol. The highest BCUT2D eigenvalue weighted by Crippen LogP contribution is 2.31. The normalized spacial score (nSPS) is 13.5. The number of nitrogens with zero attached hydrogens (tertiary/aromatic N) is 2. The number of rotatable bonds is 4. The Morgan fingerprint density at radius 1 is 1.33 bits per heavy atom. The molecule has 1 aromatic heterocycles. The first kappa shape index (κ1) is 16.0. The number of halogens is 2. The number of hydrogen-bond donors (Lipinski definition) is 1. The van der Waals surface area contributed by atoms with Crippen LogP contribution in [0, 0.1) is 12.7 Å². The van der Waals surface area contributed by atoms with Gasteiger partial charge in [-0.3, -0.25) is 4.68 Å². The van der Waals surface area contributed by atoms with Gasteiger partial charge in [0.15, 0.2) is 0 Å². The van der Waals surface area contributed by atoms with Gasteiger partial charge in [0.05, 0.1) is 11.8 Å². The van der Waals surface area contributed by atoms with Crippen molar-refractivity contribution in [3.8, 4) is 0 Å². The number of aryl methyl sites for hydroxylation is 2. The zero-order valence-corrected chi connectivity index (χ0v) is 13.4. The maximum atomic E-state index is 13.0. The van der Waals surface area contributed by atoms with Gasteiger partial charge in [-0.1, -0.05) is 37.6 Å². The summed E-state index contributed by atoms with van der Waals surface area (Å²) in [7, 11) is 1.77. The second kappa shape index (κ2) is 5.78. The highest BCUT2D eigenvalue weighted by molar-refractivity contribution is 6.30. The molecule has 0 aliphatic rings. The van der Waals surface area contributed by atoms with Crippen LogP contribution >= 0.6 is 11.6 Å². The summed E-state index contributed by atoms with van der Waals surface area (Å²) in [5, 5.41) is 15.4. The standard InChI is InChI=1S/C16H20ClFN2O/c1-10-13(15(17)20(4)19-10)9-14(21)16(2,3)11-5-7-12(18)8-6-11/h5-8,14,21H,9H2,1-4H3. The van der Waals surface area contributed by atoms with Crippen molar-refractivity contribution in [2.24, 2.45) is 7.05 Å². The molecule has 1 aromatic carbocycles. The molecule has 1 unspecified atom stereocenters. The third-order valence-corrected chi connectivity index (χ3v) is 4.56. The van der Waals surface area contributed by atoms with Crippen molar-refractivity contribution in [3.05, 3.63) is 52.1 Å². The van der Waals surface area contributed by atoms with Crippen molar-refractivity contribution in [3.63, 3.8) is 0 Å². The zero-order valence-electron chi connectivity index (χ0n) is 12.7. The van der Waals surface area contributed by atoms with E-state index in [4.69, 9.17) is 11.6 Å². The van der Waals surface area contributed by atoms with E-state index in [1.807, 2.05) is 20.8 Å². The first-order chi connectivity index (χ1) is 9.73. The summed E-state index contributed by atoms with van der Waals surface area (Å²) in [6.45, 7) is 5.74. The van der Waals surface area contributed by atoms with Crippen molar-refractivity contribution in [2.45, 2.75) is 38.7 Å². The molecule has 1 heterocycles. The van der Waals surface area contributed by atoms with Crippen LogP contribution in [0.4, 0.5) is 4.39 Å². The van der Waals surface area contributed by atoms with E-state index in [2.05, 4.69) is 5.10 Å². The quantitative estimate of drug-likeness (QED) is 0.940. The molecule has 0 saturated heterocycles. The van der Waals surface area contributed by atoms with Crippen LogP contribution in [0.1, 0.15) is 30.7 Å². The maximum absolute atomic E-state index is 13.0. The van der Waals surface area contributed by atoms with Gasteiger partial charge in [0.25, 0.3) is 0 Å². The lowest BCUT2D eigenvalue weighted by Gasteiger charge is -2.31. The third-order valence-electron chi connectivity index (χ3n) is 4.09. The molecular formula is C16H20ClFN2O. The Bertz CT molecular complexity index is 634. The Balaban J connectivity index is 2.26. The van der Waals surface area contributed by atoms with Crippen LogP contribution in [-0.2, 0) is 18.9 Å². The average molecular weight is 311 g/mol. The van der Waals surface area contributed by atoms with Crippen LogP contribution in [0.15, 0.2) is 24.3 Å². The monoisotopic (exact) mass is 310 g/mol. The van der Waals surface area contributed by atoms with Gasteiger partial charge in [-0.05, 0) is 24.6 Å². The van der Waals surface area contributed by atoms with Crippen LogP contribution in [0.2, 0.25) is 5.15 Å². The molecule has 2 aromatic rings. The maximum Gasteiger partial charge on any atom is 0.130 e. The molecule has 21 heavy (non-hydrogen) atoms. The molecule has 0 saturated carbocycles. The SMILES string of the molecule is Cc1nn(C)c(Cl)c1CC(O)C(C)(C)c1ccc(F)cc1. The summed E-state index contributed by atoms with van der Waals surface area (Å²) in [5.41, 5.74) is 2.03. The highest BCUT2D eigenvalue weighted by Gasteiger charge is 2.31. The van der Waals surface area contributed by atoms with E-state index in [0.717, 1.165) is 16.8 Å². The van der Waals surface area contributed by atoms with E-state index in [9.17, 15) is 9.50 Å². The predicted octanol–water partition coefficient (Wildman–Crippen LogP) is 3.40. The fraction of sp³-hybridized carbons (Fsp3) is 0.438. The first-order valence-electron chi connectivity index (χ1n) is 6.85. The van der Waals surface area contributed by atoms with E-state index in [1.54, 1.807) is 23.9 Å². The highest BCUT2D eigenvalue weighted by atomic mass is 35.5. The number of aliphatic hydroxyl groups is 1. The summed E-state index contributed by atoms with van der Waals surface area (Å²) in [5.74, 6) is -0.282. The summed E-state index contributed by atoms with van der Waals surface area (Å²) in [4.78, 5) is 0. The first-order valence-corrected chi connectivity index (χ1v) is 7.23. The molecule has 2 rings (SSSR count). The summed E-state index contributed by atoms with van der Waals surface area (Å²) >= 11 is 6.21. The Morgan fingerprint density at radius 2 is 1.90 bits per heavy atom. The van der Waals surface area contributed by atoms with Gasteiger partial charge in [-0.25, -0.2) is 4.39 Å². The molecular weight excluding hydrogens is 291 g/mol. The second-order valence-corrected chi connectivity index (χ2v) is 6.28. The lowest BCUT2D eigenvalue weighted by molar-refractivity contribution is 0.0998.